The highest BCUT2D eigenvalue weighted by Gasteiger charge is 2.19. The second kappa shape index (κ2) is 9.51. The molecule has 44 heavy (non-hydrogen) atoms. The standard InChI is InChI=1S/C38H25N5O/c1-24-10-2-3-11-26(24)31-21-30-28-13-4-6-14-33(28)42-23-40-41-38(42)32(30)22-36(31)44-25-17-18-29-27-12-5-7-15-34(27)43(35(29)20-25)37-16-8-9-19-39-37/h2-23H,1H3. The third-order valence-electron chi connectivity index (χ3n) is 8.55. The summed E-state index contributed by atoms with van der Waals surface area (Å²) in [6, 6.07) is 41.9. The minimum Gasteiger partial charge on any atom is -0.457 e. The zero-order valence-electron chi connectivity index (χ0n) is 23.8. The summed E-state index contributed by atoms with van der Waals surface area (Å²) in [6.45, 7) is 2.14. The van der Waals surface area contributed by atoms with Gasteiger partial charge >= 0.3 is 0 Å². The van der Waals surface area contributed by atoms with Crippen LogP contribution in [0.4, 0.5) is 0 Å². The number of pyridine rings is 2. The quantitative estimate of drug-likeness (QED) is 0.199. The van der Waals surface area contributed by atoms with Crippen LogP contribution in [0.5, 0.6) is 11.5 Å². The Balaban J connectivity index is 1.31. The van der Waals surface area contributed by atoms with Crippen LogP contribution in [-0.4, -0.2) is 24.1 Å². The van der Waals surface area contributed by atoms with Gasteiger partial charge in [0.1, 0.15) is 23.6 Å². The molecule has 0 bridgehead atoms. The molecule has 208 valence electrons. The van der Waals surface area contributed by atoms with E-state index in [2.05, 4.69) is 124 Å². The number of nitrogens with zero attached hydrogens (tertiary/aromatic N) is 5. The van der Waals surface area contributed by atoms with Crippen LogP contribution >= 0.6 is 0 Å². The third-order valence-corrected chi connectivity index (χ3v) is 8.55. The Labute approximate surface area is 252 Å². The van der Waals surface area contributed by atoms with E-state index in [1.165, 1.54) is 10.9 Å². The molecule has 9 rings (SSSR count). The fourth-order valence-corrected chi connectivity index (χ4v) is 6.54. The molecule has 6 heteroatoms. The van der Waals surface area contributed by atoms with Gasteiger partial charge in [0.15, 0.2) is 5.65 Å². The zero-order chi connectivity index (χ0) is 29.2. The minimum atomic E-state index is 0.741. The van der Waals surface area contributed by atoms with Crippen molar-refractivity contribution in [1.82, 2.24) is 24.1 Å². The molecule has 5 aromatic carbocycles. The van der Waals surface area contributed by atoms with E-state index in [1.54, 1.807) is 6.33 Å². The van der Waals surface area contributed by atoms with E-state index in [-0.39, 0.29) is 0 Å². The summed E-state index contributed by atoms with van der Waals surface area (Å²) in [5, 5.41) is 14.3. The Hall–Kier alpha value is -6.01. The first kappa shape index (κ1) is 24.6. The highest BCUT2D eigenvalue weighted by molar-refractivity contribution is 6.14. The number of hydrogen-bond acceptors (Lipinski definition) is 4. The molecule has 6 nitrogen and oxygen atoms in total. The number of fused-ring (bicyclic) bond motifs is 9. The average Bonchev–Trinajstić information content (AvgIpc) is 3.69. The van der Waals surface area contributed by atoms with Gasteiger partial charge in [-0.25, -0.2) is 4.98 Å². The summed E-state index contributed by atoms with van der Waals surface area (Å²) < 4.78 is 11.1. The number of aryl methyl sites for hydroxylation is 1. The maximum Gasteiger partial charge on any atom is 0.169 e. The lowest BCUT2D eigenvalue weighted by atomic mass is 9.95. The molecule has 0 spiro atoms. The van der Waals surface area contributed by atoms with Gasteiger partial charge in [-0.15, -0.1) is 10.2 Å². The van der Waals surface area contributed by atoms with E-state index in [1.807, 2.05) is 34.9 Å². The van der Waals surface area contributed by atoms with E-state index in [9.17, 15) is 0 Å². The maximum absolute atomic E-state index is 6.87. The largest absolute Gasteiger partial charge is 0.457 e. The molecule has 0 radical (unpaired) electrons. The molecule has 0 aliphatic carbocycles. The van der Waals surface area contributed by atoms with E-state index in [0.717, 1.165) is 72.2 Å². The first-order valence-corrected chi connectivity index (χ1v) is 14.6. The normalized spacial score (nSPS) is 11.8. The summed E-state index contributed by atoms with van der Waals surface area (Å²) in [7, 11) is 0. The van der Waals surface area contributed by atoms with Crippen molar-refractivity contribution in [3.8, 4) is 28.4 Å². The first-order valence-electron chi connectivity index (χ1n) is 14.6. The fraction of sp³-hybridized carbons (Fsp3) is 0.0263. The van der Waals surface area contributed by atoms with Crippen LogP contribution in [0.2, 0.25) is 0 Å². The Kier molecular flexibility index (Phi) is 5.31. The van der Waals surface area contributed by atoms with Crippen molar-refractivity contribution in [3.05, 3.63) is 139 Å². The van der Waals surface area contributed by atoms with Crippen LogP contribution in [0.1, 0.15) is 5.56 Å². The number of para-hydroxylation sites is 2. The number of aromatic nitrogens is 5. The molecule has 0 saturated heterocycles. The van der Waals surface area contributed by atoms with Crippen molar-refractivity contribution in [3.63, 3.8) is 0 Å². The number of hydrogen-bond donors (Lipinski definition) is 0. The van der Waals surface area contributed by atoms with Crippen molar-refractivity contribution < 1.29 is 4.74 Å². The Morgan fingerprint density at radius 2 is 1.34 bits per heavy atom. The van der Waals surface area contributed by atoms with Crippen LogP contribution < -0.4 is 4.74 Å². The highest BCUT2D eigenvalue weighted by Crippen LogP contribution is 2.42. The summed E-state index contributed by atoms with van der Waals surface area (Å²) in [5.74, 6) is 2.36. The summed E-state index contributed by atoms with van der Waals surface area (Å²) in [6.07, 6.45) is 3.60. The van der Waals surface area contributed by atoms with Crippen LogP contribution in [0, 0.1) is 6.92 Å². The molecular weight excluding hydrogens is 542 g/mol. The van der Waals surface area contributed by atoms with Crippen molar-refractivity contribution >= 4 is 49.1 Å². The summed E-state index contributed by atoms with van der Waals surface area (Å²) in [4.78, 5) is 4.69. The molecular formula is C38H25N5O. The van der Waals surface area contributed by atoms with Gasteiger partial charge in [-0.2, -0.15) is 0 Å². The van der Waals surface area contributed by atoms with Crippen molar-refractivity contribution in [2.24, 2.45) is 0 Å². The predicted octanol–water partition coefficient (Wildman–Crippen LogP) is 9.30. The summed E-state index contributed by atoms with van der Waals surface area (Å²) >= 11 is 0. The SMILES string of the molecule is Cc1ccccc1-c1cc2c3ccccc3n3cnnc3c2cc1Oc1ccc2c3ccccc3n(-c3ccccn3)c2c1. The molecule has 0 aliphatic heterocycles. The number of benzene rings is 5. The maximum atomic E-state index is 6.87. The van der Waals surface area contributed by atoms with Crippen molar-refractivity contribution in [1.29, 1.82) is 0 Å². The molecule has 0 saturated carbocycles. The smallest absolute Gasteiger partial charge is 0.169 e. The van der Waals surface area contributed by atoms with E-state index >= 15 is 0 Å². The second-order valence-corrected chi connectivity index (χ2v) is 11.1. The predicted molar refractivity (Wildman–Crippen MR) is 177 cm³/mol. The highest BCUT2D eigenvalue weighted by atomic mass is 16.5. The molecule has 0 amide bonds. The molecule has 9 aromatic rings. The lowest BCUT2D eigenvalue weighted by Crippen LogP contribution is -1.97. The van der Waals surface area contributed by atoms with E-state index < -0.39 is 0 Å². The van der Waals surface area contributed by atoms with Gasteiger partial charge in [-0.05, 0) is 72.0 Å². The van der Waals surface area contributed by atoms with Crippen LogP contribution in [0.25, 0.3) is 66.1 Å². The molecule has 0 fully saturated rings. The monoisotopic (exact) mass is 567 g/mol. The van der Waals surface area contributed by atoms with Crippen molar-refractivity contribution in [2.75, 3.05) is 0 Å². The van der Waals surface area contributed by atoms with Crippen LogP contribution in [0.15, 0.2) is 134 Å². The van der Waals surface area contributed by atoms with Gasteiger partial charge in [0.05, 0.1) is 16.6 Å². The molecule has 0 unspecified atom stereocenters. The number of rotatable bonds is 4. The van der Waals surface area contributed by atoms with Gasteiger partial charge in [0, 0.05) is 39.4 Å². The average molecular weight is 568 g/mol. The fourth-order valence-electron chi connectivity index (χ4n) is 6.54. The molecule has 0 N–H and O–H groups in total. The summed E-state index contributed by atoms with van der Waals surface area (Å²) in [5.41, 5.74) is 7.32. The Morgan fingerprint density at radius 3 is 2.18 bits per heavy atom. The number of ether oxygens (including phenoxy) is 1. The Morgan fingerprint density at radius 1 is 0.591 bits per heavy atom. The van der Waals surface area contributed by atoms with Gasteiger partial charge in [0.25, 0.3) is 0 Å². The lowest BCUT2D eigenvalue weighted by molar-refractivity contribution is 0.486. The minimum absolute atomic E-state index is 0.741. The van der Waals surface area contributed by atoms with Crippen molar-refractivity contribution in [2.45, 2.75) is 6.92 Å². The second-order valence-electron chi connectivity index (χ2n) is 11.1. The van der Waals surface area contributed by atoms with Crippen LogP contribution in [-0.2, 0) is 0 Å². The zero-order valence-corrected chi connectivity index (χ0v) is 23.8. The van der Waals surface area contributed by atoms with Gasteiger partial charge in [-0.1, -0.05) is 66.7 Å². The van der Waals surface area contributed by atoms with Gasteiger partial charge in [0.2, 0.25) is 0 Å². The third kappa shape index (κ3) is 3.64. The first-order chi connectivity index (χ1) is 21.7. The molecule has 0 atom stereocenters. The Bertz CT molecular complexity index is 2550. The molecule has 4 aromatic heterocycles. The topological polar surface area (TPSA) is 57.2 Å². The van der Waals surface area contributed by atoms with Crippen LogP contribution in [0.3, 0.4) is 0 Å². The molecule has 4 heterocycles. The van der Waals surface area contributed by atoms with E-state index in [0.29, 0.717) is 0 Å². The molecule has 0 aliphatic rings. The lowest BCUT2D eigenvalue weighted by Gasteiger charge is -2.17. The van der Waals surface area contributed by atoms with Gasteiger partial charge < -0.3 is 4.74 Å². The van der Waals surface area contributed by atoms with E-state index in [4.69, 9.17) is 4.74 Å². The van der Waals surface area contributed by atoms with Gasteiger partial charge in [-0.3, -0.25) is 8.97 Å².